The van der Waals surface area contributed by atoms with Crippen molar-refractivity contribution in [1.82, 2.24) is 0 Å². The Bertz CT molecular complexity index is 9290. The van der Waals surface area contributed by atoms with Crippen LogP contribution < -0.4 is 0 Å². The molecule has 5 heteroatoms. The maximum Gasteiger partial charge on any atom is -0.00202 e. The summed E-state index contributed by atoms with van der Waals surface area (Å²) >= 11 is 0. The van der Waals surface area contributed by atoms with Crippen molar-refractivity contribution in [2.45, 2.75) is 30.8 Å². The van der Waals surface area contributed by atoms with Crippen molar-refractivity contribution in [3.05, 3.63) is 422 Å². The molecule has 0 unspecified atom stereocenters. The molecule has 25 aromatic carbocycles. The highest BCUT2D eigenvalue weighted by atomic mass is 31.2. The Balaban J connectivity index is 0.000000101. The maximum absolute atomic E-state index is 4.53. The van der Waals surface area contributed by atoms with E-state index in [1.54, 1.807) is 0 Å². The fourth-order valence-electron chi connectivity index (χ4n) is 21.9. The van der Waals surface area contributed by atoms with E-state index in [2.05, 4.69) is 492 Å². The molecule has 0 aromatic heterocycles. The fourth-order valence-corrected chi connectivity index (χ4v) is 27.8. The summed E-state index contributed by atoms with van der Waals surface area (Å²) in [6.07, 6.45) is 27.9. The number of fused-ring (bicyclic) bond motifs is 34. The van der Waals surface area contributed by atoms with Crippen molar-refractivity contribution in [2.24, 2.45) is 0 Å². The lowest BCUT2D eigenvalue weighted by atomic mass is 9.89. The molecule has 0 heterocycles. The van der Waals surface area contributed by atoms with E-state index in [0.29, 0.717) is 0 Å². The molecule has 0 fully saturated rings. The van der Waals surface area contributed by atoms with Gasteiger partial charge in [0.1, 0.15) is 0 Å². The van der Waals surface area contributed by atoms with Crippen LogP contribution in [0.2, 0.25) is 0 Å². The quantitative estimate of drug-likeness (QED) is 0.0727. The molecular weight excluding hydrogens is 1720 g/mol. The zero-order valence-corrected chi connectivity index (χ0v) is 83.8. The molecule has 0 saturated carbocycles. The summed E-state index contributed by atoms with van der Waals surface area (Å²) in [5.74, 6) is 0. The van der Waals surface area contributed by atoms with Crippen molar-refractivity contribution in [3.63, 3.8) is 0 Å². The third-order valence-electron chi connectivity index (χ3n) is 27.2. The van der Waals surface area contributed by atoms with Crippen LogP contribution in [0.5, 0.6) is 0 Å². The summed E-state index contributed by atoms with van der Waals surface area (Å²) < 4.78 is 0. The van der Waals surface area contributed by atoms with E-state index in [0.717, 1.165) is 30.8 Å². The Kier molecular flexibility index (Phi) is 23.3. The van der Waals surface area contributed by atoms with E-state index in [9.17, 15) is 0 Å². The Morgan fingerprint density at radius 2 is 0.348 bits per heavy atom. The van der Waals surface area contributed by atoms with Gasteiger partial charge in [0.2, 0.25) is 0 Å². The molecule has 0 aliphatic carbocycles. The van der Waals surface area contributed by atoms with Crippen LogP contribution >= 0.6 is 34.4 Å². The fraction of sp³-hybridized carbons (Fsp3) is 0.115. The van der Waals surface area contributed by atoms with Gasteiger partial charge in [-0.25, -0.2) is 0 Å². The SMILES string of the molecule is C=P(C)(C)Cc1c2ccc3ccccc3c2cc2c1ccc1ccccc12.C=P(C)(C)Cc1c2ccc3ccccc3c2cc2ccc3ccccc3c12.C=P(C)(C)Cc1c2ccccc2cc2c3ccccc3c3ccccc3c12.C=P(C)(C)Cc1cc2c(ccc3c4ccccc4ccc32)c2ccccc12.C=P(C)(C)Cc1cc2c3ccccc3c3ccccc3c2c2ccccc12. The zero-order valence-electron chi connectivity index (χ0n) is 79.3. The van der Waals surface area contributed by atoms with Crippen molar-refractivity contribution < 1.29 is 0 Å². The summed E-state index contributed by atoms with van der Waals surface area (Å²) in [5, 5.41) is 54.1. The molecule has 0 atom stereocenters. The summed E-state index contributed by atoms with van der Waals surface area (Å²) in [7, 11) is 0. The summed E-state index contributed by atoms with van der Waals surface area (Å²) in [4.78, 5) is 0. The molecule has 660 valence electrons. The molecule has 25 aromatic rings. The summed E-state index contributed by atoms with van der Waals surface area (Å²) in [6, 6.07) is 145. The van der Waals surface area contributed by atoms with Gasteiger partial charge in [0.05, 0.1) is 0 Å². The van der Waals surface area contributed by atoms with Gasteiger partial charge in [0, 0.05) is 0 Å². The van der Waals surface area contributed by atoms with Crippen molar-refractivity contribution in [1.29, 1.82) is 0 Å². The second-order valence-corrected chi connectivity index (χ2v) is 62.0. The minimum Gasteiger partial charge on any atom is -0.114 e. The number of rotatable bonds is 10. The smallest absolute Gasteiger partial charge is 0.00202 e. The van der Waals surface area contributed by atoms with Crippen LogP contribution in [0.3, 0.4) is 0 Å². The summed E-state index contributed by atoms with van der Waals surface area (Å²) in [6.45, 7) is 17.3. The van der Waals surface area contributed by atoms with Crippen LogP contribution in [0.1, 0.15) is 27.8 Å². The minimum atomic E-state index is -1.23. The lowest BCUT2D eigenvalue weighted by Crippen LogP contribution is -1.94. The Hall–Kier alpha value is -12.8. The largest absolute Gasteiger partial charge is 0.114 e. The molecule has 0 amide bonds. The zero-order chi connectivity index (χ0) is 93.0. The van der Waals surface area contributed by atoms with Crippen LogP contribution in [-0.2, 0) is 30.8 Å². The van der Waals surface area contributed by atoms with Crippen LogP contribution in [-0.4, -0.2) is 98.1 Å². The second-order valence-electron chi connectivity index (χ2n) is 41.0. The van der Waals surface area contributed by atoms with Gasteiger partial charge < -0.3 is 0 Å². The van der Waals surface area contributed by atoms with E-state index in [-0.39, 0.29) is 0 Å². The van der Waals surface area contributed by atoms with E-state index >= 15 is 0 Å². The molecule has 0 aliphatic heterocycles. The third-order valence-corrected chi connectivity index (χ3v) is 33.1. The van der Waals surface area contributed by atoms with Gasteiger partial charge in [-0.3, -0.25) is 0 Å². The van der Waals surface area contributed by atoms with Gasteiger partial charge >= 0.3 is 0 Å². The molecule has 0 aliphatic rings. The molecular formula is C130H115P5. The molecule has 0 nitrogen and oxygen atoms in total. The van der Waals surface area contributed by atoms with Crippen LogP contribution in [0.15, 0.2) is 394 Å². The van der Waals surface area contributed by atoms with E-state index < -0.39 is 34.4 Å². The van der Waals surface area contributed by atoms with Gasteiger partial charge in [-0.05, 0) is 371 Å². The lowest BCUT2D eigenvalue weighted by Gasteiger charge is -2.20. The third kappa shape index (κ3) is 17.4. The van der Waals surface area contributed by atoms with Gasteiger partial charge in [0.15, 0.2) is 0 Å². The molecule has 0 radical (unpaired) electrons. The number of benzene rings is 25. The van der Waals surface area contributed by atoms with Crippen molar-refractivity contribution >= 4 is 281 Å². The first-order valence-corrected chi connectivity index (χ1v) is 62.5. The highest BCUT2D eigenvalue weighted by molar-refractivity contribution is 7.72. The number of hydrogen-bond donors (Lipinski definition) is 0. The molecule has 0 N–H and O–H groups in total. The van der Waals surface area contributed by atoms with Crippen molar-refractivity contribution in [2.75, 3.05) is 66.6 Å². The first-order valence-electron chi connectivity index (χ1n) is 47.2. The first-order chi connectivity index (χ1) is 65.1. The topological polar surface area (TPSA) is 0 Å². The average Bonchev–Trinajstić information content (AvgIpc) is 0.727. The predicted molar refractivity (Wildman–Crippen MR) is 630 cm³/mol. The monoisotopic (exact) mass is 1830 g/mol. The van der Waals surface area contributed by atoms with Crippen molar-refractivity contribution in [3.8, 4) is 0 Å². The highest BCUT2D eigenvalue weighted by Crippen LogP contribution is 2.53. The normalized spacial score (nSPS) is 12.4. The Morgan fingerprint density at radius 3 is 0.770 bits per heavy atom. The molecule has 25 rings (SSSR count). The standard InChI is InChI=1S/5C26H23P/c1-27(2,3)17-18-16-25-22-13-6-5-11-20(22)21-12-7-9-15-24(21)26(25)23-14-8-4-10-19(18)23;1-27(2,3)17-26-22-14-12-18-8-4-6-10-20(18)24(22)16-25-21-11-7-5-9-19(21)13-15-23(25)26;1-27(2,3)17-25-23-15-14-18-8-4-6-10-21(18)24(23)16-20-13-12-19-9-5-7-11-22(19)26(20)25;1-27(2,3)17-25-19-11-5-4-10-18(19)16-24-22-14-7-6-12-20(22)21-13-8-9-15-23(21)26(24)25;1-27(2,3)17-19-16-26-24-13-12-18-8-4-5-9-20(18)23(24)14-15-25(26)22-11-7-6-10-21(19)22/h5*4-16H,1,17H2,2-3H3. The molecule has 0 saturated heterocycles. The van der Waals surface area contributed by atoms with Crippen LogP contribution in [0.25, 0.3) is 215 Å². The number of hydrogen-bond acceptors (Lipinski definition) is 0. The Labute approximate surface area is 794 Å². The van der Waals surface area contributed by atoms with Gasteiger partial charge in [0.25, 0.3) is 0 Å². The van der Waals surface area contributed by atoms with E-state index in [1.807, 2.05) is 0 Å². The summed E-state index contributed by atoms with van der Waals surface area (Å²) in [5.41, 5.74) is 7.28. The molecule has 0 bridgehead atoms. The van der Waals surface area contributed by atoms with Gasteiger partial charge in [-0.2, -0.15) is 0 Å². The second kappa shape index (κ2) is 35.5. The van der Waals surface area contributed by atoms with Gasteiger partial charge in [-0.1, -0.05) is 364 Å². The maximum atomic E-state index is 4.53. The molecule has 135 heavy (non-hydrogen) atoms. The Morgan fingerprint density at radius 1 is 0.133 bits per heavy atom. The van der Waals surface area contributed by atoms with E-state index in [1.165, 1.54) is 243 Å². The first kappa shape index (κ1) is 88.8. The lowest BCUT2D eigenvalue weighted by molar-refractivity contribution is 1.45. The minimum absolute atomic E-state index is 1.06. The highest BCUT2D eigenvalue weighted by Gasteiger charge is 2.23. The van der Waals surface area contributed by atoms with Gasteiger partial charge in [-0.15, -0.1) is 65.9 Å². The van der Waals surface area contributed by atoms with E-state index in [4.69, 9.17) is 0 Å². The predicted octanol–water partition coefficient (Wildman–Crippen LogP) is 37.5. The average molecular weight is 1830 g/mol. The van der Waals surface area contributed by atoms with Crippen LogP contribution in [0.4, 0.5) is 0 Å². The molecule has 0 spiro atoms. The van der Waals surface area contributed by atoms with Crippen LogP contribution in [0, 0.1) is 0 Å².